The number of aryl methyl sites for hydroxylation is 2. The van der Waals surface area contributed by atoms with Crippen molar-refractivity contribution in [2.75, 3.05) is 25.6 Å². The van der Waals surface area contributed by atoms with E-state index in [0.717, 1.165) is 43.3 Å². The second-order valence-corrected chi connectivity index (χ2v) is 3.42. The molecule has 0 spiro atoms. The standard InChI is InChI=1S/C11H19N3O/c1-4-10-8-11(14-9(2)13-10)12-6-5-7-15-3/h8H,4-7H2,1-3H3,(H,12,13,14). The number of methoxy groups -OCH3 is 1. The van der Waals surface area contributed by atoms with Crippen LogP contribution in [0.5, 0.6) is 0 Å². The van der Waals surface area contributed by atoms with E-state index < -0.39 is 0 Å². The highest BCUT2D eigenvalue weighted by Gasteiger charge is 1.99. The summed E-state index contributed by atoms with van der Waals surface area (Å²) in [6, 6.07) is 2.00. The van der Waals surface area contributed by atoms with Gasteiger partial charge in [0.05, 0.1) is 0 Å². The summed E-state index contributed by atoms with van der Waals surface area (Å²) >= 11 is 0. The van der Waals surface area contributed by atoms with Crippen molar-refractivity contribution in [3.8, 4) is 0 Å². The Morgan fingerprint density at radius 1 is 1.40 bits per heavy atom. The number of nitrogens with one attached hydrogen (secondary N) is 1. The molecule has 0 saturated heterocycles. The van der Waals surface area contributed by atoms with E-state index in [2.05, 4.69) is 22.2 Å². The maximum atomic E-state index is 4.98. The fraction of sp³-hybridized carbons (Fsp3) is 0.636. The molecule has 0 aromatic carbocycles. The lowest BCUT2D eigenvalue weighted by Crippen LogP contribution is -2.08. The minimum atomic E-state index is 0.775. The van der Waals surface area contributed by atoms with E-state index in [1.54, 1.807) is 7.11 Å². The summed E-state index contributed by atoms with van der Waals surface area (Å²) in [6.07, 6.45) is 1.93. The molecule has 84 valence electrons. The molecular weight excluding hydrogens is 190 g/mol. The molecule has 0 saturated carbocycles. The van der Waals surface area contributed by atoms with E-state index in [4.69, 9.17) is 4.74 Å². The first-order valence-electron chi connectivity index (χ1n) is 5.33. The normalized spacial score (nSPS) is 10.3. The van der Waals surface area contributed by atoms with Crippen molar-refractivity contribution in [3.63, 3.8) is 0 Å². The second kappa shape index (κ2) is 6.35. The van der Waals surface area contributed by atoms with Gasteiger partial charge in [-0.1, -0.05) is 6.92 Å². The number of aromatic nitrogens is 2. The van der Waals surface area contributed by atoms with Crippen LogP contribution in [0.3, 0.4) is 0 Å². The largest absolute Gasteiger partial charge is 0.385 e. The first kappa shape index (κ1) is 11.9. The van der Waals surface area contributed by atoms with Gasteiger partial charge in [0.1, 0.15) is 11.6 Å². The molecule has 0 aliphatic rings. The smallest absolute Gasteiger partial charge is 0.129 e. The Hall–Kier alpha value is -1.16. The molecule has 1 rings (SSSR count). The summed E-state index contributed by atoms with van der Waals surface area (Å²) in [6.45, 7) is 5.67. The average Bonchev–Trinajstić information content (AvgIpc) is 2.23. The molecule has 1 heterocycles. The number of ether oxygens (including phenoxy) is 1. The summed E-state index contributed by atoms with van der Waals surface area (Å²) in [5.74, 6) is 1.74. The monoisotopic (exact) mass is 209 g/mol. The number of rotatable bonds is 6. The van der Waals surface area contributed by atoms with Gasteiger partial charge in [-0.15, -0.1) is 0 Å². The van der Waals surface area contributed by atoms with Gasteiger partial charge < -0.3 is 10.1 Å². The molecule has 15 heavy (non-hydrogen) atoms. The molecule has 0 atom stereocenters. The van der Waals surface area contributed by atoms with E-state index in [9.17, 15) is 0 Å². The van der Waals surface area contributed by atoms with Gasteiger partial charge in [-0.2, -0.15) is 0 Å². The van der Waals surface area contributed by atoms with E-state index in [0.29, 0.717) is 0 Å². The van der Waals surface area contributed by atoms with Crippen LogP contribution in [0.2, 0.25) is 0 Å². The molecule has 0 aliphatic heterocycles. The molecule has 1 aromatic heterocycles. The van der Waals surface area contributed by atoms with Crippen LogP contribution in [0, 0.1) is 6.92 Å². The Morgan fingerprint density at radius 3 is 2.87 bits per heavy atom. The zero-order chi connectivity index (χ0) is 11.1. The van der Waals surface area contributed by atoms with E-state index in [1.165, 1.54) is 0 Å². The van der Waals surface area contributed by atoms with Crippen LogP contribution < -0.4 is 5.32 Å². The summed E-state index contributed by atoms with van der Waals surface area (Å²) < 4.78 is 4.98. The Bertz CT molecular complexity index is 302. The Kier molecular flexibility index (Phi) is 5.04. The minimum Gasteiger partial charge on any atom is -0.385 e. The van der Waals surface area contributed by atoms with Crippen LogP contribution in [0.25, 0.3) is 0 Å². The predicted octanol–water partition coefficient (Wildman–Crippen LogP) is 1.80. The third kappa shape index (κ3) is 4.25. The van der Waals surface area contributed by atoms with Gasteiger partial charge in [0, 0.05) is 32.0 Å². The van der Waals surface area contributed by atoms with Crippen LogP contribution in [0.4, 0.5) is 5.82 Å². The van der Waals surface area contributed by atoms with Crippen LogP contribution in [0.1, 0.15) is 24.9 Å². The molecule has 4 nitrogen and oxygen atoms in total. The maximum absolute atomic E-state index is 4.98. The van der Waals surface area contributed by atoms with Gasteiger partial charge in [-0.3, -0.25) is 0 Å². The van der Waals surface area contributed by atoms with Crippen LogP contribution >= 0.6 is 0 Å². The molecule has 0 radical (unpaired) electrons. The van der Waals surface area contributed by atoms with Gasteiger partial charge in [-0.25, -0.2) is 9.97 Å². The zero-order valence-corrected chi connectivity index (χ0v) is 9.71. The highest BCUT2D eigenvalue weighted by Crippen LogP contribution is 2.06. The Labute approximate surface area is 91.1 Å². The van der Waals surface area contributed by atoms with Crippen LogP contribution in [-0.2, 0) is 11.2 Å². The van der Waals surface area contributed by atoms with Gasteiger partial charge >= 0.3 is 0 Å². The highest BCUT2D eigenvalue weighted by molar-refractivity contribution is 5.35. The lowest BCUT2D eigenvalue weighted by Gasteiger charge is -2.07. The second-order valence-electron chi connectivity index (χ2n) is 3.42. The van der Waals surface area contributed by atoms with Crippen molar-refractivity contribution in [2.45, 2.75) is 26.7 Å². The number of anilines is 1. The van der Waals surface area contributed by atoms with Gasteiger partial charge in [0.2, 0.25) is 0 Å². The fourth-order valence-electron chi connectivity index (χ4n) is 1.33. The lowest BCUT2D eigenvalue weighted by molar-refractivity contribution is 0.198. The first-order chi connectivity index (χ1) is 7.26. The number of hydrogen-bond acceptors (Lipinski definition) is 4. The maximum Gasteiger partial charge on any atom is 0.129 e. The molecule has 0 amide bonds. The Morgan fingerprint density at radius 2 is 2.20 bits per heavy atom. The van der Waals surface area contributed by atoms with Crippen LogP contribution in [-0.4, -0.2) is 30.2 Å². The average molecular weight is 209 g/mol. The third-order valence-electron chi connectivity index (χ3n) is 2.08. The van der Waals surface area contributed by atoms with Crippen molar-refractivity contribution in [3.05, 3.63) is 17.6 Å². The fourth-order valence-corrected chi connectivity index (χ4v) is 1.33. The van der Waals surface area contributed by atoms with Crippen LogP contribution in [0.15, 0.2) is 6.07 Å². The van der Waals surface area contributed by atoms with E-state index >= 15 is 0 Å². The summed E-state index contributed by atoms with van der Waals surface area (Å²) in [5.41, 5.74) is 1.08. The van der Waals surface area contributed by atoms with Crippen molar-refractivity contribution in [1.29, 1.82) is 0 Å². The molecule has 1 aromatic rings. The van der Waals surface area contributed by atoms with Gasteiger partial charge in [0.15, 0.2) is 0 Å². The first-order valence-corrected chi connectivity index (χ1v) is 5.33. The summed E-state index contributed by atoms with van der Waals surface area (Å²) in [7, 11) is 1.71. The number of hydrogen-bond donors (Lipinski definition) is 1. The molecule has 0 unspecified atom stereocenters. The topological polar surface area (TPSA) is 47.0 Å². The zero-order valence-electron chi connectivity index (χ0n) is 9.71. The molecule has 0 bridgehead atoms. The molecular formula is C11H19N3O. The lowest BCUT2D eigenvalue weighted by atomic mass is 10.3. The SMILES string of the molecule is CCc1cc(NCCCOC)nc(C)n1. The molecule has 0 aliphatic carbocycles. The van der Waals surface area contributed by atoms with Crippen molar-refractivity contribution < 1.29 is 4.74 Å². The quantitative estimate of drug-likeness (QED) is 0.726. The molecule has 1 N–H and O–H groups in total. The summed E-state index contributed by atoms with van der Waals surface area (Å²) in [4.78, 5) is 8.64. The molecule has 4 heteroatoms. The van der Waals surface area contributed by atoms with Crippen molar-refractivity contribution in [1.82, 2.24) is 9.97 Å². The Balaban J connectivity index is 2.49. The van der Waals surface area contributed by atoms with Gasteiger partial charge in [-0.05, 0) is 19.8 Å². The third-order valence-corrected chi connectivity index (χ3v) is 2.08. The van der Waals surface area contributed by atoms with Crippen molar-refractivity contribution >= 4 is 5.82 Å². The molecule has 0 fully saturated rings. The number of nitrogens with zero attached hydrogens (tertiary/aromatic N) is 2. The van der Waals surface area contributed by atoms with Crippen molar-refractivity contribution in [2.24, 2.45) is 0 Å². The highest BCUT2D eigenvalue weighted by atomic mass is 16.5. The minimum absolute atomic E-state index is 0.775. The van der Waals surface area contributed by atoms with E-state index in [-0.39, 0.29) is 0 Å². The van der Waals surface area contributed by atoms with E-state index in [1.807, 2.05) is 13.0 Å². The summed E-state index contributed by atoms with van der Waals surface area (Å²) in [5, 5.41) is 3.26. The van der Waals surface area contributed by atoms with Gasteiger partial charge in [0.25, 0.3) is 0 Å². The predicted molar refractivity (Wildman–Crippen MR) is 61.1 cm³/mol.